The van der Waals surface area contributed by atoms with E-state index in [9.17, 15) is 13.0 Å². The monoisotopic (exact) mass is 745 g/mol. The minimum atomic E-state index is -4.12. The van der Waals surface area contributed by atoms with E-state index in [0.29, 0.717) is 6.42 Å². The molecule has 0 aromatic heterocycles. The van der Waals surface area contributed by atoms with Gasteiger partial charge in [-0.25, -0.2) is 8.42 Å². The zero-order valence-electron chi connectivity index (χ0n) is 34.8. The number of unbranched alkanes of at least 4 members (excludes halogenated alkanes) is 33. The van der Waals surface area contributed by atoms with Crippen LogP contribution in [0.15, 0.2) is 0 Å². The third-order valence-electron chi connectivity index (χ3n) is 11.5. The molecule has 3 nitrogen and oxygen atoms in total. The van der Waals surface area contributed by atoms with E-state index in [1.807, 2.05) is 0 Å². The van der Waals surface area contributed by atoms with E-state index in [0.717, 1.165) is 6.16 Å². The Balaban J connectivity index is 4.76. The van der Waals surface area contributed by atoms with Crippen molar-refractivity contribution in [2.75, 3.05) is 30.4 Å². The minimum Gasteiger partial charge on any atom is -0.748 e. The summed E-state index contributed by atoms with van der Waals surface area (Å²) in [6, 6.07) is 0. The van der Waals surface area contributed by atoms with Gasteiger partial charge in [-0.15, -0.1) is 0 Å². The fourth-order valence-electron chi connectivity index (χ4n) is 8.11. The highest BCUT2D eigenvalue weighted by Gasteiger charge is 2.35. The van der Waals surface area contributed by atoms with Gasteiger partial charge in [-0.3, -0.25) is 0 Å². The summed E-state index contributed by atoms with van der Waals surface area (Å²) in [4.78, 5) is 0. The summed E-state index contributed by atoms with van der Waals surface area (Å²) in [5.41, 5.74) is 0. The van der Waals surface area contributed by atoms with E-state index in [1.165, 1.54) is 250 Å². The van der Waals surface area contributed by atoms with Gasteiger partial charge in [0.05, 0.1) is 34.8 Å². The Morgan fingerprint density at radius 3 is 0.680 bits per heavy atom. The summed E-state index contributed by atoms with van der Waals surface area (Å²) in [6.45, 7) is 6.88. The molecule has 0 aromatic carbocycles. The average Bonchev–Trinajstić information content (AvgIpc) is 3.09. The molecule has 0 fully saturated rings. The molecule has 0 N–H and O–H groups in total. The maximum absolute atomic E-state index is 11.6. The van der Waals surface area contributed by atoms with Gasteiger partial charge in [0.25, 0.3) is 0 Å². The molecule has 50 heavy (non-hydrogen) atoms. The first-order valence-corrected chi connectivity index (χ1v) is 27.3. The molecule has 0 saturated carbocycles. The topological polar surface area (TPSA) is 57.2 Å². The van der Waals surface area contributed by atoms with Crippen LogP contribution in [0.1, 0.15) is 258 Å². The molecular weight excluding hydrogens is 652 g/mol. The summed E-state index contributed by atoms with van der Waals surface area (Å²) in [5, 5.41) is 0. The van der Waals surface area contributed by atoms with Crippen LogP contribution in [0.3, 0.4) is 0 Å². The molecule has 0 atom stereocenters. The van der Waals surface area contributed by atoms with Crippen LogP contribution in [0.2, 0.25) is 0 Å². The van der Waals surface area contributed by atoms with Crippen LogP contribution < -0.4 is 0 Å². The predicted octanol–water partition coefficient (Wildman–Crippen LogP) is 16.0. The SMILES string of the molecule is CCCCCCCCCCCCCC[P+](CCCCCCCCCCCCCC)(CCCCCCCCCCCCCC)CCCS(=O)(=O)[O-]. The third-order valence-corrected chi connectivity index (χ3v) is 17.3. The van der Waals surface area contributed by atoms with Crippen LogP contribution in [0.5, 0.6) is 0 Å². The molecule has 0 radical (unpaired) electrons. The van der Waals surface area contributed by atoms with Gasteiger partial charge in [-0.2, -0.15) is 0 Å². The normalized spacial score (nSPS) is 12.3. The van der Waals surface area contributed by atoms with Crippen LogP contribution in [-0.4, -0.2) is 43.4 Å². The van der Waals surface area contributed by atoms with Gasteiger partial charge in [-0.05, 0) is 44.9 Å². The van der Waals surface area contributed by atoms with Crippen molar-refractivity contribution in [3.8, 4) is 0 Å². The van der Waals surface area contributed by atoms with E-state index in [1.54, 1.807) is 0 Å². The molecule has 0 aliphatic carbocycles. The lowest BCUT2D eigenvalue weighted by atomic mass is 10.1. The standard InChI is InChI=1S/C45H93O3PS/c1-4-7-10-13-16-19-22-25-28-31-34-37-41-49(44-40-45-50(46,47)48,42-38-35-32-29-26-23-20-17-14-11-8-5-2)43-39-36-33-30-27-24-21-18-15-12-9-6-3/h4-45H2,1-3H3. The molecule has 0 amide bonds. The summed E-state index contributed by atoms with van der Waals surface area (Å²) in [7, 11) is -5.35. The fourth-order valence-corrected chi connectivity index (χ4v) is 13.7. The second-order valence-electron chi connectivity index (χ2n) is 16.5. The van der Waals surface area contributed by atoms with Crippen molar-refractivity contribution in [1.29, 1.82) is 0 Å². The maximum Gasteiger partial charge on any atom is 0.0947 e. The first-order chi connectivity index (χ1) is 24.4. The maximum atomic E-state index is 11.6. The fraction of sp³-hybridized carbons (Fsp3) is 1.00. The molecule has 0 rings (SSSR count). The number of rotatable bonds is 43. The predicted molar refractivity (Wildman–Crippen MR) is 229 cm³/mol. The van der Waals surface area contributed by atoms with Gasteiger partial charge in [0.15, 0.2) is 0 Å². The second-order valence-corrected chi connectivity index (χ2v) is 22.5. The molecule has 0 unspecified atom stereocenters. The van der Waals surface area contributed by atoms with Crippen LogP contribution in [0.25, 0.3) is 0 Å². The zero-order valence-corrected chi connectivity index (χ0v) is 36.5. The molecule has 0 aliphatic rings. The Morgan fingerprint density at radius 2 is 0.480 bits per heavy atom. The molecule has 0 bridgehead atoms. The molecular formula is C45H93O3PS. The van der Waals surface area contributed by atoms with Crippen molar-refractivity contribution < 1.29 is 13.0 Å². The second kappa shape index (κ2) is 39.0. The van der Waals surface area contributed by atoms with Gasteiger partial charge in [0, 0.05) is 13.0 Å². The largest absolute Gasteiger partial charge is 0.748 e. The lowest BCUT2D eigenvalue weighted by molar-refractivity contribution is 0.462. The number of hydrogen-bond donors (Lipinski definition) is 0. The molecule has 0 heterocycles. The summed E-state index contributed by atoms with van der Waals surface area (Å²) < 4.78 is 34.8. The summed E-state index contributed by atoms with van der Waals surface area (Å²) >= 11 is 0. The van der Waals surface area contributed by atoms with Crippen molar-refractivity contribution in [2.24, 2.45) is 0 Å². The lowest BCUT2D eigenvalue weighted by Crippen LogP contribution is -2.16. The molecule has 0 aliphatic heterocycles. The highest BCUT2D eigenvalue weighted by atomic mass is 32.2. The Bertz CT molecular complexity index is 686. The van der Waals surface area contributed by atoms with E-state index >= 15 is 0 Å². The van der Waals surface area contributed by atoms with Crippen molar-refractivity contribution in [2.45, 2.75) is 258 Å². The highest BCUT2D eigenvalue weighted by Crippen LogP contribution is 2.61. The van der Waals surface area contributed by atoms with Crippen LogP contribution in [0, 0.1) is 0 Å². The van der Waals surface area contributed by atoms with Crippen LogP contribution >= 0.6 is 7.26 Å². The van der Waals surface area contributed by atoms with Gasteiger partial charge in [0.2, 0.25) is 0 Å². The molecule has 5 heteroatoms. The lowest BCUT2D eigenvalue weighted by Gasteiger charge is -2.29. The third kappa shape index (κ3) is 38.1. The minimum absolute atomic E-state index is 0.149. The zero-order chi connectivity index (χ0) is 36.7. The van der Waals surface area contributed by atoms with Crippen molar-refractivity contribution in [1.82, 2.24) is 0 Å². The van der Waals surface area contributed by atoms with E-state index in [4.69, 9.17) is 0 Å². The van der Waals surface area contributed by atoms with Gasteiger partial charge < -0.3 is 4.55 Å². The number of hydrogen-bond acceptors (Lipinski definition) is 3. The molecule has 0 aromatic rings. The van der Waals surface area contributed by atoms with E-state index in [2.05, 4.69) is 20.8 Å². The molecule has 0 saturated heterocycles. The van der Waals surface area contributed by atoms with E-state index < -0.39 is 17.4 Å². The van der Waals surface area contributed by atoms with Gasteiger partial charge in [0.1, 0.15) is 0 Å². The van der Waals surface area contributed by atoms with Crippen LogP contribution in [-0.2, 0) is 10.1 Å². The van der Waals surface area contributed by atoms with Crippen molar-refractivity contribution in [3.05, 3.63) is 0 Å². The summed E-state index contributed by atoms with van der Waals surface area (Å²) in [6.07, 6.45) is 55.6. The van der Waals surface area contributed by atoms with Crippen molar-refractivity contribution in [3.63, 3.8) is 0 Å². The Kier molecular flexibility index (Phi) is 39.3. The quantitative estimate of drug-likeness (QED) is 0.0355. The average molecular weight is 745 g/mol. The van der Waals surface area contributed by atoms with E-state index in [-0.39, 0.29) is 5.75 Å². The first kappa shape index (κ1) is 50.3. The first-order valence-electron chi connectivity index (χ1n) is 23.2. The van der Waals surface area contributed by atoms with Gasteiger partial charge >= 0.3 is 0 Å². The Labute approximate surface area is 318 Å². The summed E-state index contributed by atoms with van der Waals surface area (Å²) in [5.74, 6) is -0.149. The van der Waals surface area contributed by atoms with Crippen molar-refractivity contribution >= 4 is 17.4 Å². The molecule has 0 spiro atoms. The van der Waals surface area contributed by atoms with Crippen LogP contribution in [0.4, 0.5) is 0 Å². The molecule has 302 valence electrons. The Hall–Kier alpha value is 0.340. The smallest absolute Gasteiger partial charge is 0.0947 e. The highest BCUT2D eigenvalue weighted by molar-refractivity contribution is 7.85. The van der Waals surface area contributed by atoms with Gasteiger partial charge in [-0.1, -0.05) is 213 Å². The Morgan fingerprint density at radius 1 is 0.300 bits per heavy atom.